The first-order chi connectivity index (χ1) is 18.5. The lowest BCUT2D eigenvalue weighted by molar-refractivity contribution is -0.116. The van der Waals surface area contributed by atoms with Crippen molar-refractivity contribution in [2.45, 2.75) is 31.7 Å². The van der Waals surface area contributed by atoms with Crippen LogP contribution < -0.4 is 29.6 Å². The van der Waals surface area contributed by atoms with Gasteiger partial charge in [0.05, 0.1) is 49.8 Å². The van der Waals surface area contributed by atoms with Crippen molar-refractivity contribution >= 4 is 33.1 Å². The van der Waals surface area contributed by atoms with Gasteiger partial charge < -0.3 is 29.6 Å². The van der Waals surface area contributed by atoms with Crippen molar-refractivity contribution in [2.24, 2.45) is 0 Å². The Hall–Kier alpha value is -3.65. The summed E-state index contributed by atoms with van der Waals surface area (Å²) in [6.45, 7) is 2.43. The Bertz CT molecular complexity index is 1400. The number of fused-ring (bicyclic) bond motifs is 1. The van der Waals surface area contributed by atoms with Crippen LogP contribution in [0.15, 0.2) is 70.3 Å². The van der Waals surface area contributed by atoms with Gasteiger partial charge in [0.1, 0.15) is 0 Å². The molecule has 0 spiro atoms. The molecule has 0 radical (unpaired) electrons. The van der Waals surface area contributed by atoms with E-state index >= 15 is 0 Å². The summed E-state index contributed by atoms with van der Waals surface area (Å²) < 4.78 is 23.2. The number of hydrogen-bond donors (Lipinski definition) is 2. The minimum atomic E-state index is -0.374. The second kappa shape index (κ2) is 11.0. The third kappa shape index (κ3) is 4.80. The van der Waals surface area contributed by atoms with Crippen LogP contribution in [0.1, 0.15) is 42.9 Å². The van der Waals surface area contributed by atoms with E-state index in [9.17, 15) is 4.79 Å². The molecule has 5 rings (SSSR count). The lowest BCUT2D eigenvalue weighted by Crippen LogP contribution is -2.27. The fourth-order valence-corrected chi connectivity index (χ4v) is 5.92. The van der Waals surface area contributed by atoms with Gasteiger partial charge in [0.15, 0.2) is 28.8 Å². The number of carbonyl (C=O) groups excluding carboxylic acids is 1. The molecular formula is C30H31BrN2O5. The van der Waals surface area contributed by atoms with Crippen LogP contribution in [0.5, 0.6) is 23.0 Å². The minimum Gasteiger partial charge on any atom is -0.493 e. The highest BCUT2D eigenvalue weighted by Gasteiger charge is 2.37. The maximum Gasteiger partial charge on any atom is 0.174 e. The van der Waals surface area contributed by atoms with Crippen molar-refractivity contribution in [3.8, 4) is 23.0 Å². The van der Waals surface area contributed by atoms with Crippen LogP contribution in [0, 0.1) is 0 Å². The van der Waals surface area contributed by atoms with Crippen molar-refractivity contribution in [3.05, 3.63) is 81.5 Å². The number of allylic oxidation sites excluding steroid dienone is 1. The first kappa shape index (κ1) is 26.0. The Morgan fingerprint density at radius 3 is 2.32 bits per heavy atom. The molecule has 0 aromatic heterocycles. The highest BCUT2D eigenvalue weighted by Crippen LogP contribution is 2.47. The summed E-state index contributed by atoms with van der Waals surface area (Å²) in [4.78, 5) is 13.9. The van der Waals surface area contributed by atoms with Crippen molar-refractivity contribution in [1.29, 1.82) is 0 Å². The second-order valence-electron chi connectivity index (χ2n) is 9.25. The molecule has 3 aromatic rings. The number of para-hydroxylation sites is 2. The van der Waals surface area contributed by atoms with Gasteiger partial charge in [0, 0.05) is 17.7 Å². The van der Waals surface area contributed by atoms with Crippen LogP contribution >= 0.6 is 15.9 Å². The van der Waals surface area contributed by atoms with Crippen molar-refractivity contribution in [3.63, 3.8) is 0 Å². The molecule has 0 unspecified atom stereocenters. The van der Waals surface area contributed by atoms with Crippen LogP contribution in [0.3, 0.4) is 0 Å². The fourth-order valence-electron chi connectivity index (χ4n) is 5.30. The number of nitrogens with one attached hydrogen (secondary N) is 2. The normalized spacial score (nSPS) is 18.4. The summed E-state index contributed by atoms with van der Waals surface area (Å²) in [6.07, 6.45) is 1.07. The predicted molar refractivity (Wildman–Crippen MR) is 152 cm³/mol. The van der Waals surface area contributed by atoms with Crippen LogP contribution in [-0.2, 0) is 4.79 Å². The van der Waals surface area contributed by atoms with E-state index in [2.05, 4.69) is 26.6 Å². The summed E-state index contributed by atoms with van der Waals surface area (Å²) in [5, 5.41) is 7.22. The molecule has 198 valence electrons. The van der Waals surface area contributed by atoms with Crippen molar-refractivity contribution in [1.82, 2.24) is 0 Å². The summed E-state index contributed by atoms with van der Waals surface area (Å²) in [6, 6.07) is 17.5. The number of hydrogen-bond acceptors (Lipinski definition) is 7. The van der Waals surface area contributed by atoms with Gasteiger partial charge in [0.25, 0.3) is 0 Å². The Morgan fingerprint density at radius 2 is 1.61 bits per heavy atom. The highest BCUT2D eigenvalue weighted by molar-refractivity contribution is 9.10. The highest BCUT2D eigenvalue weighted by atomic mass is 79.9. The van der Waals surface area contributed by atoms with E-state index in [4.69, 9.17) is 18.9 Å². The van der Waals surface area contributed by atoms with E-state index in [0.717, 1.165) is 38.2 Å². The third-order valence-electron chi connectivity index (χ3n) is 7.06. The molecule has 2 N–H and O–H groups in total. The molecule has 8 heteroatoms. The van der Waals surface area contributed by atoms with E-state index in [1.807, 2.05) is 61.5 Å². The van der Waals surface area contributed by atoms with Crippen molar-refractivity contribution in [2.75, 3.05) is 38.6 Å². The molecule has 0 bridgehead atoms. The number of halogens is 1. The topological polar surface area (TPSA) is 78.1 Å². The molecule has 7 nitrogen and oxygen atoms in total. The molecule has 38 heavy (non-hydrogen) atoms. The third-order valence-corrected chi connectivity index (χ3v) is 7.65. The summed E-state index contributed by atoms with van der Waals surface area (Å²) in [7, 11) is 4.86. The second-order valence-corrected chi connectivity index (χ2v) is 10.1. The number of ether oxygens (including phenoxy) is 4. The molecule has 0 saturated carbocycles. The van der Waals surface area contributed by atoms with Gasteiger partial charge >= 0.3 is 0 Å². The van der Waals surface area contributed by atoms with Crippen molar-refractivity contribution < 1.29 is 23.7 Å². The minimum absolute atomic E-state index is 0.000979. The monoisotopic (exact) mass is 578 g/mol. The van der Waals surface area contributed by atoms with Crippen LogP contribution in [-0.4, -0.2) is 33.7 Å². The molecule has 2 aliphatic rings. The number of benzene rings is 3. The van der Waals surface area contributed by atoms with Gasteiger partial charge in [-0.05, 0) is 82.7 Å². The zero-order valence-electron chi connectivity index (χ0n) is 21.9. The number of rotatable bonds is 7. The molecular weight excluding hydrogens is 548 g/mol. The van der Waals surface area contributed by atoms with Gasteiger partial charge in [-0.15, -0.1) is 0 Å². The van der Waals surface area contributed by atoms with Gasteiger partial charge in [-0.3, -0.25) is 4.79 Å². The number of ketones is 1. The predicted octanol–water partition coefficient (Wildman–Crippen LogP) is 6.85. The standard InChI is InChI=1S/C30H31BrN2O5/c1-5-38-27-16-19(12-20(31)30(27)37-4)29-28-23(32-21-8-6-7-9-22(21)33-29)13-18(14-24(28)34)17-10-11-25(35-2)26(15-17)36-3/h6-12,15-16,18,29,32-33H,5,13-14H2,1-4H3/t18-,29+/m1/s1. The molecule has 1 aliphatic heterocycles. The van der Waals surface area contributed by atoms with E-state index in [-0.39, 0.29) is 17.7 Å². The molecule has 0 amide bonds. The number of carbonyl (C=O) groups is 1. The van der Waals surface area contributed by atoms with Gasteiger partial charge in [0.2, 0.25) is 0 Å². The molecule has 2 atom stereocenters. The SMILES string of the molecule is CCOc1cc([C@@H]2Nc3ccccc3NC3=C2C(=O)C[C@H](c2ccc(OC)c(OC)c2)C3)cc(Br)c1OC. The Labute approximate surface area is 231 Å². The zero-order chi connectivity index (χ0) is 26.8. The average Bonchev–Trinajstić information content (AvgIpc) is 3.09. The van der Waals surface area contributed by atoms with E-state index in [1.165, 1.54) is 0 Å². The number of Topliss-reactive ketones (excluding diaryl/α,β-unsaturated/α-hetero) is 1. The van der Waals surface area contributed by atoms with E-state index in [1.54, 1.807) is 21.3 Å². The van der Waals surface area contributed by atoms with Gasteiger partial charge in [-0.1, -0.05) is 18.2 Å². The van der Waals surface area contributed by atoms with E-state index in [0.29, 0.717) is 42.4 Å². The largest absolute Gasteiger partial charge is 0.493 e. The maximum absolute atomic E-state index is 13.9. The molecule has 1 aliphatic carbocycles. The lowest BCUT2D eigenvalue weighted by atomic mass is 9.78. The fraction of sp³-hybridized carbons (Fsp3) is 0.300. The first-order valence-electron chi connectivity index (χ1n) is 12.6. The van der Waals surface area contributed by atoms with Gasteiger partial charge in [-0.2, -0.15) is 0 Å². The van der Waals surface area contributed by atoms with E-state index < -0.39 is 0 Å². The molecule has 0 fully saturated rings. The molecule has 3 aromatic carbocycles. The zero-order valence-corrected chi connectivity index (χ0v) is 23.5. The Morgan fingerprint density at radius 1 is 0.868 bits per heavy atom. The maximum atomic E-state index is 13.9. The van der Waals surface area contributed by atoms with Crippen LogP contribution in [0.4, 0.5) is 11.4 Å². The number of anilines is 2. The van der Waals surface area contributed by atoms with Crippen LogP contribution in [0.2, 0.25) is 0 Å². The Kier molecular flexibility index (Phi) is 7.51. The first-order valence-corrected chi connectivity index (χ1v) is 13.4. The van der Waals surface area contributed by atoms with Crippen LogP contribution in [0.25, 0.3) is 0 Å². The summed E-state index contributed by atoms with van der Waals surface area (Å²) in [5.74, 6) is 2.66. The smallest absolute Gasteiger partial charge is 0.174 e. The Balaban J connectivity index is 1.61. The number of methoxy groups -OCH3 is 3. The average molecular weight is 579 g/mol. The molecule has 1 heterocycles. The molecule has 0 saturated heterocycles. The quantitative estimate of drug-likeness (QED) is 0.317. The lowest BCUT2D eigenvalue weighted by Gasteiger charge is -2.30. The summed E-state index contributed by atoms with van der Waals surface area (Å²) in [5.41, 5.74) is 5.45. The summed E-state index contributed by atoms with van der Waals surface area (Å²) >= 11 is 3.64. The van der Waals surface area contributed by atoms with Gasteiger partial charge in [-0.25, -0.2) is 0 Å².